The van der Waals surface area contributed by atoms with Crippen LogP contribution >= 0.6 is 11.6 Å². The molecule has 1 saturated carbocycles. The van der Waals surface area contributed by atoms with E-state index >= 15 is 0 Å². The Morgan fingerprint density at radius 1 is 1.37 bits per heavy atom. The molecule has 1 fully saturated rings. The lowest BCUT2D eigenvalue weighted by Crippen LogP contribution is -2.26. The van der Waals surface area contributed by atoms with Crippen LogP contribution in [0.2, 0.25) is 5.02 Å². The van der Waals surface area contributed by atoms with Crippen molar-refractivity contribution in [3.63, 3.8) is 0 Å². The molecular formula is C15H19ClFNO. The second-order valence-corrected chi connectivity index (χ2v) is 5.55. The Bertz CT molecular complexity index is 424. The Balaban J connectivity index is 1.77. The predicted molar refractivity (Wildman–Crippen MR) is 74.9 cm³/mol. The normalized spacial score (nSPS) is 15.7. The van der Waals surface area contributed by atoms with E-state index in [0.29, 0.717) is 6.54 Å². The lowest BCUT2D eigenvalue weighted by Gasteiger charge is -2.10. The van der Waals surface area contributed by atoms with Gasteiger partial charge >= 0.3 is 0 Å². The van der Waals surface area contributed by atoms with Crippen molar-refractivity contribution < 1.29 is 9.18 Å². The summed E-state index contributed by atoms with van der Waals surface area (Å²) in [6.45, 7) is 0.583. The van der Waals surface area contributed by atoms with Gasteiger partial charge in [-0.15, -0.1) is 0 Å². The topological polar surface area (TPSA) is 29.1 Å². The molecule has 4 heteroatoms. The van der Waals surface area contributed by atoms with Crippen LogP contribution in [0.1, 0.15) is 48.9 Å². The third-order valence-electron chi connectivity index (χ3n) is 3.74. The number of amides is 1. The third-order valence-corrected chi connectivity index (χ3v) is 4.05. The van der Waals surface area contributed by atoms with Gasteiger partial charge in [0.05, 0.1) is 10.6 Å². The maximum Gasteiger partial charge on any atom is 0.255 e. The summed E-state index contributed by atoms with van der Waals surface area (Å²) < 4.78 is 13.5. The van der Waals surface area contributed by atoms with E-state index in [0.717, 1.165) is 18.8 Å². The number of hydrogen-bond donors (Lipinski definition) is 1. The summed E-state index contributed by atoms with van der Waals surface area (Å²) in [5, 5.41) is 2.90. The molecular weight excluding hydrogens is 265 g/mol. The first kappa shape index (κ1) is 14.3. The highest BCUT2D eigenvalue weighted by atomic mass is 35.5. The average molecular weight is 284 g/mol. The molecule has 0 radical (unpaired) electrons. The van der Waals surface area contributed by atoms with Gasteiger partial charge in [-0.3, -0.25) is 4.79 Å². The fourth-order valence-electron chi connectivity index (χ4n) is 2.69. The SMILES string of the molecule is O=C(NCCCC1CCCC1)c1c(F)cccc1Cl. The number of carbonyl (C=O) groups is 1. The number of halogens is 2. The van der Waals surface area contributed by atoms with Gasteiger partial charge in [-0.1, -0.05) is 43.4 Å². The highest BCUT2D eigenvalue weighted by Crippen LogP contribution is 2.28. The summed E-state index contributed by atoms with van der Waals surface area (Å²) >= 11 is 5.84. The molecule has 2 rings (SSSR count). The van der Waals surface area contributed by atoms with Crippen molar-refractivity contribution in [2.75, 3.05) is 6.54 Å². The van der Waals surface area contributed by atoms with Crippen LogP contribution in [-0.4, -0.2) is 12.5 Å². The highest BCUT2D eigenvalue weighted by molar-refractivity contribution is 6.33. The van der Waals surface area contributed by atoms with Crippen molar-refractivity contribution in [1.82, 2.24) is 5.32 Å². The monoisotopic (exact) mass is 283 g/mol. The first-order valence-electron chi connectivity index (χ1n) is 6.90. The largest absolute Gasteiger partial charge is 0.352 e. The van der Waals surface area contributed by atoms with E-state index in [4.69, 9.17) is 11.6 Å². The van der Waals surface area contributed by atoms with E-state index in [1.807, 2.05) is 0 Å². The molecule has 1 aromatic carbocycles. The summed E-state index contributed by atoms with van der Waals surface area (Å²) in [4.78, 5) is 11.8. The second-order valence-electron chi connectivity index (χ2n) is 5.15. The summed E-state index contributed by atoms with van der Waals surface area (Å²) in [5.41, 5.74) is -0.0509. The van der Waals surface area contributed by atoms with Gasteiger partial charge < -0.3 is 5.32 Å². The van der Waals surface area contributed by atoms with E-state index in [-0.39, 0.29) is 10.6 Å². The van der Waals surface area contributed by atoms with Crippen molar-refractivity contribution in [1.29, 1.82) is 0 Å². The van der Waals surface area contributed by atoms with Gasteiger partial charge in [0.25, 0.3) is 5.91 Å². The standard InChI is InChI=1S/C15H19ClFNO/c16-12-8-3-9-13(17)14(12)15(19)18-10-4-7-11-5-1-2-6-11/h3,8-9,11H,1-2,4-7,10H2,(H,18,19). The predicted octanol–water partition coefficient (Wildman–Crippen LogP) is 4.18. The zero-order valence-corrected chi connectivity index (χ0v) is 11.7. The highest BCUT2D eigenvalue weighted by Gasteiger charge is 2.16. The Kier molecular flexibility index (Phi) is 5.20. The molecule has 1 amide bonds. The number of hydrogen-bond acceptors (Lipinski definition) is 1. The fraction of sp³-hybridized carbons (Fsp3) is 0.533. The van der Waals surface area contributed by atoms with Crippen LogP contribution < -0.4 is 5.32 Å². The molecule has 0 atom stereocenters. The van der Waals surface area contributed by atoms with Gasteiger partial charge in [0.1, 0.15) is 5.82 Å². The van der Waals surface area contributed by atoms with Crippen LogP contribution in [0.15, 0.2) is 18.2 Å². The van der Waals surface area contributed by atoms with Crippen LogP contribution in [0, 0.1) is 11.7 Å². The molecule has 1 aromatic rings. The van der Waals surface area contributed by atoms with E-state index in [1.54, 1.807) is 0 Å². The molecule has 2 nitrogen and oxygen atoms in total. The van der Waals surface area contributed by atoms with Crippen LogP contribution in [0.5, 0.6) is 0 Å². The van der Waals surface area contributed by atoms with Gasteiger partial charge in [-0.05, 0) is 30.9 Å². The van der Waals surface area contributed by atoms with E-state index in [9.17, 15) is 9.18 Å². The van der Waals surface area contributed by atoms with Crippen molar-refractivity contribution in [2.45, 2.75) is 38.5 Å². The minimum atomic E-state index is -0.569. The molecule has 104 valence electrons. The molecule has 19 heavy (non-hydrogen) atoms. The first-order chi connectivity index (χ1) is 9.18. The first-order valence-corrected chi connectivity index (χ1v) is 7.28. The molecule has 0 heterocycles. The smallest absolute Gasteiger partial charge is 0.255 e. The summed E-state index contributed by atoms with van der Waals surface area (Å²) in [6, 6.07) is 4.27. The molecule has 0 spiro atoms. The van der Waals surface area contributed by atoms with Gasteiger partial charge in [-0.2, -0.15) is 0 Å². The van der Waals surface area contributed by atoms with Gasteiger partial charge in [-0.25, -0.2) is 4.39 Å². The van der Waals surface area contributed by atoms with Gasteiger partial charge in [0.2, 0.25) is 0 Å². The fourth-order valence-corrected chi connectivity index (χ4v) is 2.94. The number of carbonyl (C=O) groups excluding carboxylic acids is 1. The maximum absolute atomic E-state index is 13.5. The lowest BCUT2D eigenvalue weighted by atomic mass is 10.0. The van der Waals surface area contributed by atoms with Crippen LogP contribution in [0.4, 0.5) is 4.39 Å². The van der Waals surface area contributed by atoms with Gasteiger partial charge in [0.15, 0.2) is 0 Å². The summed E-state index contributed by atoms with van der Waals surface area (Å²) in [6.07, 6.45) is 7.39. The summed E-state index contributed by atoms with van der Waals surface area (Å²) in [7, 11) is 0. The Hall–Kier alpha value is -1.09. The molecule has 0 bridgehead atoms. The van der Waals surface area contributed by atoms with Crippen molar-refractivity contribution in [2.24, 2.45) is 5.92 Å². The van der Waals surface area contributed by atoms with Crippen LogP contribution in [-0.2, 0) is 0 Å². The lowest BCUT2D eigenvalue weighted by molar-refractivity contribution is 0.0948. The van der Waals surface area contributed by atoms with Crippen LogP contribution in [0.25, 0.3) is 0 Å². The molecule has 1 aliphatic rings. The Labute approximate surface area is 118 Å². The second kappa shape index (κ2) is 6.90. The van der Waals surface area contributed by atoms with Crippen LogP contribution in [0.3, 0.4) is 0 Å². The summed E-state index contributed by atoms with van der Waals surface area (Å²) in [5.74, 6) is -0.177. The van der Waals surface area contributed by atoms with E-state index in [2.05, 4.69) is 5.32 Å². The average Bonchev–Trinajstić information content (AvgIpc) is 2.87. The molecule has 1 aliphatic carbocycles. The Morgan fingerprint density at radius 3 is 2.79 bits per heavy atom. The minimum Gasteiger partial charge on any atom is -0.352 e. The third kappa shape index (κ3) is 3.93. The number of benzene rings is 1. The molecule has 0 aromatic heterocycles. The number of rotatable bonds is 5. The maximum atomic E-state index is 13.5. The van der Waals surface area contributed by atoms with E-state index < -0.39 is 11.7 Å². The van der Waals surface area contributed by atoms with Crippen molar-refractivity contribution in [3.8, 4) is 0 Å². The van der Waals surface area contributed by atoms with Crippen molar-refractivity contribution >= 4 is 17.5 Å². The Morgan fingerprint density at radius 2 is 2.11 bits per heavy atom. The van der Waals surface area contributed by atoms with Gasteiger partial charge in [0, 0.05) is 6.54 Å². The number of nitrogens with one attached hydrogen (secondary N) is 1. The zero-order valence-electron chi connectivity index (χ0n) is 10.9. The molecule has 0 aliphatic heterocycles. The van der Waals surface area contributed by atoms with Crippen molar-refractivity contribution in [3.05, 3.63) is 34.6 Å². The molecule has 1 N–H and O–H groups in total. The molecule has 0 unspecified atom stereocenters. The molecule has 0 saturated heterocycles. The zero-order chi connectivity index (χ0) is 13.7. The minimum absolute atomic E-state index is 0.0509. The van der Waals surface area contributed by atoms with E-state index in [1.165, 1.54) is 43.9 Å². The quantitative estimate of drug-likeness (QED) is 0.807.